The van der Waals surface area contributed by atoms with Crippen LogP contribution in [0.5, 0.6) is 5.75 Å². The molecule has 0 bridgehead atoms. The fourth-order valence-corrected chi connectivity index (χ4v) is 4.03. The number of alkyl halides is 2. The highest BCUT2D eigenvalue weighted by atomic mass is 19.3. The third-order valence-electron chi connectivity index (χ3n) is 6.39. The summed E-state index contributed by atoms with van der Waals surface area (Å²) < 4.78 is 31.4. The minimum Gasteiger partial charge on any atom is -0.481 e. The standard InChI is InChI=1S/C26H23F2NO3.C4H11NO3/c27-26(28)32-22-12-10-21(11-13-22)29-17-20(9-6-18-4-2-1-3-5-18)23-16-19(7-14-24(23)29)8-15-25(30)31;5-4(1-6,2-7)3-8/h1-5,7,10-14,16-17,26H,6,8-9,15H2,(H,30,31);6-8H,1-3,5H2. The molecule has 3 aromatic carbocycles. The number of carboxylic acid groups (broad SMARTS) is 1. The molecule has 0 saturated carbocycles. The number of carboxylic acids is 1. The summed E-state index contributed by atoms with van der Waals surface area (Å²) in [6.45, 7) is -4.07. The molecule has 0 aliphatic carbocycles. The summed E-state index contributed by atoms with van der Waals surface area (Å²) in [6.07, 6.45) is 4.31. The van der Waals surface area contributed by atoms with Crippen LogP contribution < -0.4 is 10.5 Å². The second kappa shape index (κ2) is 14.5. The maximum atomic E-state index is 12.5. The number of fused-ring (bicyclic) bond motifs is 1. The Labute approximate surface area is 230 Å². The van der Waals surface area contributed by atoms with Crippen LogP contribution in [0.25, 0.3) is 16.6 Å². The van der Waals surface area contributed by atoms with Gasteiger partial charge in [0.1, 0.15) is 5.75 Å². The molecule has 0 amide bonds. The number of halogens is 2. The Balaban J connectivity index is 0.000000482. The summed E-state index contributed by atoms with van der Waals surface area (Å²) in [5, 5.41) is 35.1. The van der Waals surface area contributed by atoms with Gasteiger partial charge in [-0.15, -0.1) is 0 Å². The first-order chi connectivity index (χ1) is 19.2. The summed E-state index contributed by atoms with van der Waals surface area (Å²) >= 11 is 0. The Kier molecular flexibility index (Phi) is 11.2. The monoisotopic (exact) mass is 556 g/mol. The van der Waals surface area contributed by atoms with E-state index >= 15 is 0 Å². The SMILES string of the molecule is NC(CO)(CO)CO.O=C(O)CCc1ccc2c(c1)c(CCc1ccccc1)cn2-c1ccc(OC(F)F)cc1. The van der Waals surface area contributed by atoms with Crippen LogP contribution in [0.3, 0.4) is 0 Å². The fraction of sp³-hybridized carbons (Fsp3) is 0.300. The average molecular weight is 557 g/mol. The van der Waals surface area contributed by atoms with Crippen LogP contribution in [-0.2, 0) is 24.1 Å². The van der Waals surface area contributed by atoms with Crippen LogP contribution in [0.2, 0.25) is 0 Å². The third-order valence-corrected chi connectivity index (χ3v) is 6.39. The topological polar surface area (TPSA) is 138 Å². The number of nitrogens with zero attached hydrogens (tertiary/aromatic N) is 1. The van der Waals surface area contributed by atoms with Crippen molar-refractivity contribution in [1.82, 2.24) is 4.57 Å². The van der Waals surface area contributed by atoms with Gasteiger partial charge in [0.25, 0.3) is 0 Å². The molecule has 0 unspecified atom stereocenters. The minimum absolute atomic E-state index is 0.0805. The first kappa shape index (κ1) is 30.7. The molecule has 214 valence electrons. The van der Waals surface area contributed by atoms with Gasteiger partial charge in [-0.3, -0.25) is 4.79 Å². The highest BCUT2D eigenvalue weighted by Gasteiger charge is 2.20. The molecule has 40 heavy (non-hydrogen) atoms. The van der Waals surface area contributed by atoms with E-state index in [9.17, 15) is 13.6 Å². The fourth-order valence-electron chi connectivity index (χ4n) is 4.03. The molecule has 0 saturated heterocycles. The first-order valence-corrected chi connectivity index (χ1v) is 12.7. The molecule has 0 radical (unpaired) electrons. The summed E-state index contributed by atoms with van der Waals surface area (Å²) in [5.41, 5.74) is 9.11. The number of hydrogen-bond acceptors (Lipinski definition) is 6. The number of aliphatic hydroxyl groups excluding tert-OH is 3. The van der Waals surface area contributed by atoms with Gasteiger partial charge < -0.3 is 35.5 Å². The molecule has 0 atom stereocenters. The lowest BCUT2D eigenvalue weighted by Gasteiger charge is -2.20. The molecule has 0 aliphatic rings. The van der Waals surface area contributed by atoms with E-state index < -0.39 is 37.9 Å². The molecular weight excluding hydrogens is 522 g/mol. The summed E-state index contributed by atoms with van der Waals surface area (Å²) in [7, 11) is 0. The first-order valence-electron chi connectivity index (χ1n) is 12.7. The zero-order chi connectivity index (χ0) is 29.1. The average Bonchev–Trinajstić information content (AvgIpc) is 3.33. The van der Waals surface area contributed by atoms with E-state index in [1.54, 1.807) is 12.1 Å². The van der Waals surface area contributed by atoms with Gasteiger partial charge >= 0.3 is 12.6 Å². The van der Waals surface area contributed by atoms with Crippen LogP contribution in [0, 0.1) is 0 Å². The molecule has 1 heterocycles. The maximum absolute atomic E-state index is 12.5. The van der Waals surface area contributed by atoms with Gasteiger partial charge in [0.05, 0.1) is 30.9 Å². The van der Waals surface area contributed by atoms with Gasteiger partial charge in [0, 0.05) is 23.7 Å². The molecule has 0 spiro atoms. The van der Waals surface area contributed by atoms with Crippen LogP contribution in [0.15, 0.2) is 79.0 Å². The minimum atomic E-state index is -2.86. The number of aliphatic carboxylic acids is 1. The van der Waals surface area contributed by atoms with Gasteiger partial charge in [-0.05, 0) is 72.4 Å². The Morgan fingerprint density at radius 1 is 0.875 bits per heavy atom. The van der Waals surface area contributed by atoms with E-state index in [-0.39, 0.29) is 12.2 Å². The number of carbonyl (C=O) groups is 1. The predicted molar refractivity (Wildman–Crippen MR) is 148 cm³/mol. The van der Waals surface area contributed by atoms with Gasteiger partial charge in [0.2, 0.25) is 0 Å². The van der Waals surface area contributed by atoms with Gasteiger partial charge in [-0.1, -0.05) is 36.4 Å². The van der Waals surface area contributed by atoms with E-state index in [1.165, 1.54) is 17.7 Å². The number of hydrogen-bond donors (Lipinski definition) is 5. The predicted octanol–water partition coefficient (Wildman–Crippen LogP) is 3.70. The van der Waals surface area contributed by atoms with Crippen molar-refractivity contribution in [2.75, 3.05) is 19.8 Å². The Bertz CT molecular complexity index is 1350. The lowest BCUT2D eigenvalue weighted by molar-refractivity contribution is -0.136. The van der Waals surface area contributed by atoms with Crippen molar-refractivity contribution in [3.05, 3.63) is 95.7 Å². The molecule has 0 aliphatic heterocycles. The number of benzene rings is 3. The number of ether oxygens (including phenoxy) is 1. The molecule has 10 heteroatoms. The van der Waals surface area contributed by atoms with Crippen LogP contribution in [0.4, 0.5) is 8.78 Å². The molecule has 1 aromatic heterocycles. The smallest absolute Gasteiger partial charge is 0.387 e. The van der Waals surface area contributed by atoms with Gasteiger partial charge in [-0.25, -0.2) is 0 Å². The van der Waals surface area contributed by atoms with Crippen molar-refractivity contribution in [2.24, 2.45) is 5.73 Å². The molecule has 8 nitrogen and oxygen atoms in total. The van der Waals surface area contributed by atoms with E-state index in [0.717, 1.165) is 40.6 Å². The third kappa shape index (κ3) is 8.59. The number of aromatic nitrogens is 1. The number of nitrogens with two attached hydrogens (primary N) is 1. The zero-order valence-electron chi connectivity index (χ0n) is 21.9. The second-order valence-corrected chi connectivity index (χ2v) is 9.46. The molecule has 6 N–H and O–H groups in total. The maximum Gasteiger partial charge on any atom is 0.387 e. The largest absolute Gasteiger partial charge is 0.481 e. The number of rotatable bonds is 12. The highest BCUT2D eigenvalue weighted by Crippen LogP contribution is 2.29. The zero-order valence-corrected chi connectivity index (χ0v) is 21.9. The molecule has 4 rings (SSSR count). The van der Waals surface area contributed by atoms with Gasteiger partial charge in [0.15, 0.2) is 0 Å². The van der Waals surface area contributed by atoms with Crippen molar-refractivity contribution >= 4 is 16.9 Å². The van der Waals surface area contributed by atoms with Crippen molar-refractivity contribution < 1.29 is 38.7 Å². The highest BCUT2D eigenvalue weighted by molar-refractivity contribution is 5.86. The lowest BCUT2D eigenvalue weighted by Crippen LogP contribution is -2.50. The van der Waals surface area contributed by atoms with E-state index in [1.807, 2.05) is 34.9 Å². The number of aryl methyl sites for hydroxylation is 3. The van der Waals surface area contributed by atoms with Crippen molar-refractivity contribution in [1.29, 1.82) is 0 Å². The quantitative estimate of drug-likeness (QED) is 0.179. The second-order valence-electron chi connectivity index (χ2n) is 9.46. The Morgan fingerprint density at radius 2 is 1.52 bits per heavy atom. The summed E-state index contributed by atoms with van der Waals surface area (Å²) in [5.74, 6) is -0.710. The molecular formula is C30H34F2N2O6. The number of aliphatic hydroxyl groups is 3. The van der Waals surface area contributed by atoms with Crippen molar-refractivity contribution in [3.8, 4) is 11.4 Å². The van der Waals surface area contributed by atoms with Crippen molar-refractivity contribution in [2.45, 2.75) is 37.8 Å². The van der Waals surface area contributed by atoms with Crippen LogP contribution >= 0.6 is 0 Å². The normalized spacial score (nSPS) is 11.4. The van der Waals surface area contributed by atoms with E-state index in [2.05, 4.69) is 29.1 Å². The van der Waals surface area contributed by atoms with Crippen LogP contribution in [-0.4, -0.2) is 62.9 Å². The van der Waals surface area contributed by atoms with E-state index in [0.29, 0.717) is 6.42 Å². The van der Waals surface area contributed by atoms with E-state index in [4.69, 9.17) is 26.2 Å². The Hall–Kier alpha value is -3.83. The van der Waals surface area contributed by atoms with Gasteiger partial charge in [-0.2, -0.15) is 8.78 Å². The lowest BCUT2D eigenvalue weighted by atomic mass is 10.0. The molecule has 4 aromatic rings. The molecule has 0 fully saturated rings. The summed E-state index contributed by atoms with van der Waals surface area (Å²) in [4.78, 5) is 11.0. The summed E-state index contributed by atoms with van der Waals surface area (Å²) in [6, 6.07) is 22.8. The van der Waals surface area contributed by atoms with Crippen molar-refractivity contribution in [3.63, 3.8) is 0 Å². The Morgan fingerprint density at radius 3 is 2.08 bits per heavy atom. The van der Waals surface area contributed by atoms with Crippen LogP contribution in [0.1, 0.15) is 23.1 Å².